The standard InChI is InChI=1S/C18H19N3O3/c1-12(19-16-6-5-13-3-2-4-14(13)11-16)18(22)20-15-7-9-17(10-8-15)21(23)24/h5-12,19H,2-4H2,1H3,(H,20,22)/t12-/m1/s1. The van der Waals surface area contributed by atoms with Gasteiger partial charge in [0.2, 0.25) is 5.91 Å². The summed E-state index contributed by atoms with van der Waals surface area (Å²) < 4.78 is 0. The molecule has 3 rings (SSSR count). The lowest BCUT2D eigenvalue weighted by Crippen LogP contribution is -2.31. The van der Waals surface area contributed by atoms with Crippen molar-refractivity contribution in [1.29, 1.82) is 0 Å². The molecule has 124 valence electrons. The first kappa shape index (κ1) is 16.0. The van der Waals surface area contributed by atoms with Gasteiger partial charge >= 0.3 is 0 Å². The smallest absolute Gasteiger partial charge is 0.269 e. The summed E-state index contributed by atoms with van der Waals surface area (Å²) >= 11 is 0. The Bertz CT molecular complexity index is 772. The minimum Gasteiger partial charge on any atom is -0.374 e. The van der Waals surface area contributed by atoms with E-state index in [0.717, 1.165) is 18.5 Å². The average Bonchev–Trinajstić information content (AvgIpc) is 3.03. The molecule has 1 amide bonds. The third-order valence-corrected chi connectivity index (χ3v) is 4.22. The third kappa shape index (κ3) is 3.53. The molecule has 0 radical (unpaired) electrons. The number of non-ortho nitro benzene ring substituents is 1. The largest absolute Gasteiger partial charge is 0.374 e. The molecule has 2 aromatic carbocycles. The predicted octanol–water partition coefficient (Wildman–Crippen LogP) is 3.52. The second-order valence-electron chi connectivity index (χ2n) is 6.00. The first-order valence-electron chi connectivity index (χ1n) is 7.96. The van der Waals surface area contributed by atoms with Crippen LogP contribution in [-0.2, 0) is 17.6 Å². The van der Waals surface area contributed by atoms with Crippen molar-refractivity contribution in [1.82, 2.24) is 0 Å². The van der Waals surface area contributed by atoms with Crippen LogP contribution < -0.4 is 10.6 Å². The van der Waals surface area contributed by atoms with Gasteiger partial charge < -0.3 is 10.6 Å². The van der Waals surface area contributed by atoms with Gasteiger partial charge in [0.05, 0.1) is 4.92 Å². The van der Waals surface area contributed by atoms with Crippen LogP contribution in [0.15, 0.2) is 42.5 Å². The quantitative estimate of drug-likeness (QED) is 0.650. The summed E-state index contributed by atoms with van der Waals surface area (Å²) in [6, 6.07) is 11.6. The van der Waals surface area contributed by atoms with Gasteiger partial charge in [-0.05, 0) is 61.6 Å². The van der Waals surface area contributed by atoms with Crippen molar-refractivity contribution in [2.45, 2.75) is 32.2 Å². The van der Waals surface area contributed by atoms with Gasteiger partial charge in [0, 0.05) is 23.5 Å². The molecule has 0 bridgehead atoms. The van der Waals surface area contributed by atoms with Crippen LogP contribution in [0.4, 0.5) is 17.1 Å². The molecule has 0 saturated heterocycles. The van der Waals surface area contributed by atoms with E-state index >= 15 is 0 Å². The maximum absolute atomic E-state index is 12.3. The normalized spacial score (nSPS) is 13.9. The molecular formula is C18H19N3O3. The van der Waals surface area contributed by atoms with Crippen LogP contribution in [0.5, 0.6) is 0 Å². The number of aryl methyl sites for hydroxylation is 2. The van der Waals surface area contributed by atoms with E-state index in [1.54, 1.807) is 6.92 Å². The maximum atomic E-state index is 12.3. The van der Waals surface area contributed by atoms with E-state index in [-0.39, 0.29) is 11.6 Å². The van der Waals surface area contributed by atoms with Crippen molar-refractivity contribution in [2.75, 3.05) is 10.6 Å². The summed E-state index contributed by atoms with van der Waals surface area (Å²) in [6.45, 7) is 1.79. The molecule has 0 aromatic heterocycles. The lowest BCUT2D eigenvalue weighted by Gasteiger charge is -2.16. The molecular weight excluding hydrogens is 306 g/mol. The molecule has 0 fully saturated rings. The third-order valence-electron chi connectivity index (χ3n) is 4.22. The summed E-state index contributed by atoms with van der Waals surface area (Å²) in [5.74, 6) is -0.190. The summed E-state index contributed by atoms with van der Waals surface area (Å²) in [6.07, 6.45) is 3.41. The Morgan fingerprint density at radius 2 is 1.75 bits per heavy atom. The Kier molecular flexibility index (Phi) is 4.46. The van der Waals surface area contributed by atoms with E-state index in [1.165, 1.54) is 41.8 Å². The number of anilines is 2. The first-order chi connectivity index (χ1) is 11.5. The van der Waals surface area contributed by atoms with Gasteiger partial charge in [0.25, 0.3) is 5.69 Å². The molecule has 0 heterocycles. The van der Waals surface area contributed by atoms with Crippen LogP contribution in [0.2, 0.25) is 0 Å². The Labute approximate surface area is 140 Å². The molecule has 2 aromatic rings. The molecule has 24 heavy (non-hydrogen) atoms. The summed E-state index contributed by atoms with van der Waals surface area (Å²) in [7, 11) is 0. The number of nitro groups is 1. The van der Waals surface area contributed by atoms with E-state index in [2.05, 4.69) is 22.8 Å². The Morgan fingerprint density at radius 1 is 1.08 bits per heavy atom. The second kappa shape index (κ2) is 6.70. The molecule has 0 saturated carbocycles. The van der Waals surface area contributed by atoms with Crippen molar-refractivity contribution in [3.63, 3.8) is 0 Å². The van der Waals surface area contributed by atoms with Crippen molar-refractivity contribution in [3.8, 4) is 0 Å². The van der Waals surface area contributed by atoms with Crippen molar-refractivity contribution >= 4 is 23.0 Å². The zero-order chi connectivity index (χ0) is 17.1. The lowest BCUT2D eigenvalue weighted by atomic mass is 10.1. The fourth-order valence-electron chi connectivity index (χ4n) is 2.89. The van der Waals surface area contributed by atoms with Crippen LogP contribution >= 0.6 is 0 Å². The van der Waals surface area contributed by atoms with Gasteiger partial charge in [-0.1, -0.05) is 6.07 Å². The Morgan fingerprint density at radius 3 is 2.46 bits per heavy atom. The fraction of sp³-hybridized carbons (Fsp3) is 0.278. The Hall–Kier alpha value is -2.89. The summed E-state index contributed by atoms with van der Waals surface area (Å²) in [5.41, 5.74) is 4.21. The Balaban J connectivity index is 1.61. The summed E-state index contributed by atoms with van der Waals surface area (Å²) in [4.78, 5) is 22.4. The zero-order valence-electron chi connectivity index (χ0n) is 13.4. The number of nitrogens with zero attached hydrogens (tertiary/aromatic N) is 1. The highest BCUT2D eigenvalue weighted by molar-refractivity contribution is 5.96. The molecule has 1 atom stereocenters. The number of hydrogen-bond acceptors (Lipinski definition) is 4. The number of carbonyl (C=O) groups is 1. The molecule has 0 aliphatic heterocycles. The monoisotopic (exact) mass is 325 g/mol. The SMILES string of the molecule is C[C@@H](Nc1ccc2c(c1)CCC2)C(=O)Nc1ccc([N+](=O)[O-])cc1. The van der Waals surface area contributed by atoms with E-state index in [1.807, 2.05) is 6.07 Å². The molecule has 6 heteroatoms. The van der Waals surface area contributed by atoms with E-state index in [0.29, 0.717) is 5.69 Å². The van der Waals surface area contributed by atoms with Crippen molar-refractivity contribution < 1.29 is 9.72 Å². The number of nitrogens with one attached hydrogen (secondary N) is 2. The topological polar surface area (TPSA) is 84.3 Å². The number of nitro benzene ring substituents is 1. The van der Waals surface area contributed by atoms with E-state index < -0.39 is 11.0 Å². The number of benzene rings is 2. The number of fused-ring (bicyclic) bond motifs is 1. The number of carbonyl (C=O) groups excluding carboxylic acids is 1. The molecule has 1 aliphatic rings. The van der Waals surface area contributed by atoms with Crippen LogP contribution in [0.25, 0.3) is 0 Å². The highest BCUT2D eigenvalue weighted by Crippen LogP contribution is 2.25. The second-order valence-corrected chi connectivity index (χ2v) is 6.00. The molecule has 0 unspecified atom stereocenters. The lowest BCUT2D eigenvalue weighted by molar-refractivity contribution is -0.384. The van der Waals surface area contributed by atoms with Crippen molar-refractivity contribution in [2.24, 2.45) is 0 Å². The first-order valence-corrected chi connectivity index (χ1v) is 7.96. The van der Waals surface area contributed by atoms with E-state index in [9.17, 15) is 14.9 Å². The minimum atomic E-state index is -0.469. The highest BCUT2D eigenvalue weighted by atomic mass is 16.6. The van der Waals surface area contributed by atoms with Crippen LogP contribution in [0, 0.1) is 10.1 Å². The highest BCUT2D eigenvalue weighted by Gasteiger charge is 2.16. The van der Waals surface area contributed by atoms with Gasteiger partial charge in [-0.2, -0.15) is 0 Å². The molecule has 6 nitrogen and oxygen atoms in total. The maximum Gasteiger partial charge on any atom is 0.269 e. The zero-order valence-corrected chi connectivity index (χ0v) is 13.4. The molecule has 2 N–H and O–H groups in total. The van der Waals surface area contributed by atoms with Crippen LogP contribution in [0.3, 0.4) is 0 Å². The van der Waals surface area contributed by atoms with Gasteiger partial charge in [0.15, 0.2) is 0 Å². The summed E-state index contributed by atoms with van der Waals surface area (Å²) in [5, 5.41) is 16.6. The fourth-order valence-corrected chi connectivity index (χ4v) is 2.89. The molecule has 0 spiro atoms. The van der Waals surface area contributed by atoms with Gasteiger partial charge in [-0.15, -0.1) is 0 Å². The number of hydrogen-bond donors (Lipinski definition) is 2. The predicted molar refractivity (Wildman–Crippen MR) is 93.3 cm³/mol. The van der Waals surface area contributed by atoms with Gasteiger partial charge in [0.1, 0.15) is 6.04 Å². The van der Waals surface area contributed by atoms with E-state index in [4.69, 9.17) is 0 Å². The van der Waals surface area contributed by atoms with Gasteiger partial charge in [-0.25, -0.2) is 0 Å². The number of amides is 1. The van der Waals surface area contributed by atoms with Gasteiger partial charge in [-0.3, -0.25) is 14.9 Å². The average molecular weight is 325 g/mol. The minimum absolute atomic E-state index is 0.00249. The number of rotatable bonds is 5. The molecule has 1 aliphatic carbocycles. The van der Waals surface area contributed by atoms with Crippen molar-refractivity contribution in [3.05, 3.63) is 63.7 Å². The van der Waals surface area contributed by atoms with Crippen LogP contribution in [-0.4, -0.2) is 16.9 Å². The van der Waals surface area contributed by atoms with Crippen LogP contribution in [0.1, 0.15) is 24.5 Å².